The normalized spacial score (nSPS) is 13.8. The van der Waals surface area contributed by atoms with E-state index in [4.69, 9.17) is 35.5 Å². The molecule has 3 amide bonds. The highest BCUT2D eigenvalue weighted by molar-refractivity contribution is 7.15. The molecule has 5 heterocycles. The van der Waals surface area contributed by atoms with Crippen LogP contribution in [-0.4, -0.2) is 102 Å². The van der Waals surface area contributed by atoms with Gasteiger partial charge < -0.3 is 40.2 Å². The molecule has 2 aliphatic rings. The van der Waals surface area contributed by atoms with E-state index in [2.05, 4.69) is 50.3 Å². The first-order chi connectivity index (χ1) is 32.9. The number of nitrogens with one attached hydrogen (secondary N) is 4. The van der Waals surface area contributed by atoms with Crippen LogP contribution >= 0.6 is 22.9 Å². The molecule has 68 heavy (non-hydrogen) atoms. The lowest BCUT2D eigenvalue weighted by Gasteiger charge is -2.15. The number of benzene rings is 3. The second kappa shape index (κ2) is 22.1. The number of amides is 3. The van der Waals surface area contributed by atoms with Gasteiger partial charge in [0.1, 0.15) is 40.7 Å². The first kappa shape index (κ1) is 48.0. The number of carbonyl (C=O) groups excluding carboxylic acids is 3. The summed E-state index contributed by atoms with van der Waals surface area (Å²) in [6, 6.07) is 23.5. The van der Waals surface area contributed by atoms with E-state index in [1.54, 1.807) is 35.6 Å². The lowest BCUT2D eigenvalue weighted by Crippen LogP contribution is -2.31. The van der Waals surface area contributed by atoms with Gasteiger partial charge in [-0.25, -0.2) is 4.98 Å². The lowest BCUT2D eigenvalue weighted by molar-refractivity contribution is -0.117. The van der Waals surface area contributed by atoms with E-state index in [-0.39, 0.29) is 30.2 Å². The molecule has 0 aliphatic carbocycles. The Balaban J connectivity index is 0.719. The van der Waals surface area contributed by atoms with E-state index < -0.39 is 6.04 Å². The Hall–Kier alpha value is -6.50. The summed E-state index contributed by atoms with van der Waals surface area (Å²) in [6.07, 6.45) is 0.368. The predicted molar refractivity (Wildman–Crippen MR) is 264 cm³/mol. The van der Waals surface area contributed by atoms with Gasteiger partial charge in [0.05, 0.1) is 58.2 Å². The Morgan fingerprint density at radius 1 is 0.868 bits per heavy atom. The van der Waals surface area contributed by atoms with Gasteiger partial charge >= 0.3 is 0 Å². The van der Waals surface area contributed by atoms with E-state index in [1.165, 1.54) is 4.88 Å². The summed E-state index contributed by atoms with van der Waals surface area (Å²) in [6.45, 7) is 13.1. The predicted octanol–water partition coefficient (Wildman–Crippen LogP) is 8.06. The monoisotopic (exact) mass is 959 g/mol. The smallest absolute Gasteiger partial charge is 0.270 e. The molecule has 18 heteroatoms. The minimum absolute atomic E-state index is 0.0459. The van der Waals surface area contributed by atoms with Crippen molar-refractivity contribution in [1.29, 1.82) is 0 Å². The lowest BCUT2D eigenvalue weighted by atomic mass is 9.99. The Morgan fingerprint density at radius 2 is 1.57 bits per heavy atom. The average Bonchev–Trinajstić information content (AvgIpc) is 3.96. The molecular formula is C50H54ClN9O7S. The van der Waals surface area contributed by atoms with Crippen LogP contribution in [0.3, 0.4) is 0 Å². The quantitative estimate of drug-likeness (QED) is 0.0510. The highest BCUT2D eigenvalue weighted by Gasteiger charge is 2.32. The van der Waals surface area contributed by atoms with Gasteiger partial charge in [0.15, 0.2) is 5.82 Å². The van der Waals surface area contributed by atoms with Crippen molar-refractivity contribution in [3.63, 3.8) is 0 Å². The summed E-state index contributed by atoms with van der Waals surface area (Å²) >= 11 is 7.91. The van der Waals surface area contributed by atoms with E-state index >= 15 is 0 Å². The molecule has 3 aromatic heterocycles. The fourth-order valence-electron chi connectivity index (χ4n) is 7.86. The van der Waals surface area contributed by atoms with Crippen LogP contribution in [0.25, 0.3) is 16.1 Å². The zero-order valence-electron chi connectivity index (χ0n) is 38.6. The molecule has 0 bridgehead atoms. The molecule has 0 saturated carbocycles. The van der Waals surface area contributed by atoms with Crippen molar-refractivity contribution in [2.24, 2.45) is 4.99 Å². The van der Waals surface area contributed by atoms with Gasteiger partial charge in [-0.2, -0.15) is 0 Å². The largest absolute Gasteiger partial charge is 0.491 e. The number of thiophene rings is 1. The van der Waals surface area contributed by atoms with Gasteiger partial charge in [-0.1, -0.05) is 29.8 Å². The molecule has 354 valence electrons. The van der Waals surface area contributed by atoms with Crippen LogP contribution in [0.4, 0.5) is 17.2 Å². The Kier molecular flexibility index (Phi) is 15.6. The maximum Gasteiger partial charge on any atom is 0.270 e. The fourth-order valence-corrected chi connectivity index (χ4v) is 9.20. The molecule has 0 unspecified atom stereocenters. The average molecular weight is 961 g/mol. The van der Waals surface area contributed by atoms with Crippen molar-refractivity contribution in [3.8, 4) is 21.9 Å². The summed E-state index contributed by atoms with van der Waals surface area (Å²) in [7, 11) is 0. The molecule has 8 rings (SSSR count). The third-order valence-electron chi connectivity index (χ3n) is 11.2. The van der Waals surface area contributed by atoms with Crippen molar-refractivity contribution in [2.75, 3.05) is 68.7 Å². The number of rotatable bonds is 21. The summed E-state index contributed by atoms with van der Waals surface area (Å²) < 4.78 is 24.9. The van der Waals surface area contributed by atoms with Gasteiger partial charge in [-0.05, 0) is 112 Å². The minimum atomic E-state index is -0.580. The third kappa shape index (κ3) is 11.6. The van der Waals surface area contributed by atoms with Crippen LogP contribution in [0.5, 0.6) is 5.75 Å². The fraction of sp³-hybridized carbons (Fsp3) is 0.340. The molecule has 6 aromatic rings. The zero-order valence-corrected chi connectivity index (χ0v) is 40.2. The third-order valence-corrected chi connectivity index (χ3v) is 12.7. The SMILES string of the molecule is Cc1sc2c(c1C)C(c1ccc(Cl)cc1)=N[C@@H](CC(=O)Nc1ccc(OCCOCCOCCOCCNc3ccc(-c4ccc5c(c4)CC(=O)N5)c(C(=O)NC(C)C)n3)cc1)c1nnc(C)n1-2. The number of carbonyl (C=O) groups is 3. The van der Waals surface area contributed by atoms with E-state index in [9.17, 15) is 14.4 Å². The molecule has 16 nitrogen and oxygen atoms in total. The van der Waals surface area contributed by atoms with Crippen LogP contribution in [0.1, 0.15) is 75.6 Å². The number of aromatic nitrogens is 4. The topological polar surface area (TPSA) is 192 Å². The van der Waals surface area contributed by atoms with Crippen molar-refractivity contribution in [2.45, 2.75) is 59.5 Å². The number of hydrogen-bond acceptors (Lipinski definition) is 13. The second-order valence-electron chi connectivity index (χ2n) is 16.6. The number of hydrogen-bond donors (Lipinski definition) is 4. The van der Waals surface area contributed by atoms with Crippen molar-refractivity contribution < 1.29 is 33.3 Å². The van der Waals surface area contributed by atoms with Gasteiger partial charge in [-0.15, -0.1) is 21.5 Å². The summed E-state index contributed by atoms with van der Waals surface area (Å²) in [4.78, 5) is 49.6. The van der Waals surface area contributed by atoms with Crippen LogP contribution in [-0.2, 0) is 30.2 Å². The van der Waals surface area contributed by atoms with E-state index in [0.717, 1.165) is 50.0 Å². The molecule has 0 saturated heterocycles. The number of pyridine rings is 1. The minimum Gasteiger partial charge on any atom is -0.491 e. The number of nitrogens with zero attached hydrogens (tertiary/aromatic N) is 5. The van der Waals surface area contributed by atoms with Crippen LogP contribution < -0.4 is 26.0 Å². The van der Waals surface area contributed by atoms with Gasteiger partial charge in [0, 0.05) is 50.6 Å². The maximum atomic E-state index is 13.5. The summed E-state index contributed by atoms with van der Waals surface area (Å²) in [5.74, 6) is 2.01. The Bertz CT molecular complexity index is 2810. The number of anilines is 3. The summed E-state index contributed by atoms with van der Waals surface area (Å²) in [5, 5.41) is 22.5. The number of halogens is 1. The highest BCUT2D eigenvalue weighted by atomic mass is 35.5. The molecule has 0 radical (unpaired) electrons. The second-order valence-corrected chi connectivity index (χ2v) is 18.3. The Labute approximate surface area is 403 Å². The molecule has 2 aliphatic heterocycles. The molecule has 1 atom stereocenters. The zero-order chi connectivity index (χ0) is 47.7. The highest BCUT2D eigenvalue weighted by Crippen LogP contribution is 2.40. The van der Waals surface area contributed by atoms with Crippen molar-refractivity contribution >= 4 is 63.6 Å². The molecule has 4 N–H and O–H groups in total. The van der Waals surface area contributed by atoms with E-state index in [1.807, 2.05) is 79.9 Å². The van der Waals surface area contributed by atoms with E-state index in [0.29, 0.717) is 98.6 Å². The van der Waals surface area contributed by atoms with Gasteiger partial charge in [0.2, 0.25) is 11.8 Å². The Morgan fingerprint density at radius 3 is 2.31 bits per heavy atom. The van der Waals surface area contributed by atoms with Crippen molar-refractivity contribution in [3.05, 3.63) is 128 Å². The maximum absolute atomic E-state index is 13.5. The van der Waals surface area contributed by atoms with Crippen molar-refractivity contribution in [1.82, 2.24) is 25.1 Å². The molecule has 0 spiro atoms. The molecule has 0 fully saturated rings. The molecular weight excluding hydrogens is 906 g/mol. The summed E-state index contributed by atoms with van der Waals surface area (Å²) in [5.41, 5.74) is 7.95. The standard InChI is InChI=1S/C50H54ClN9O7S/c1-29(2)53-49(63)47-39(34-8-16-40-35(26-34)27-43(61)55-40)15-17-42(57-47)52-18-19-64-20-21-65-22-23-66-24-25-67-38-13-11-37(12-14-38)54-44(62)28-41-48-59-58-32(5)60(48)50-45(30(3)31(4)68-50)46(56-41)33-6-9-36(51)10-7-33/h6-17,26,29,41H,18-25,27-28H2,1-5H3,(H,52,57)(H,53,63)(H,54,62)(H,55,61)/t41-/m0/s1. The number of ether oxygens (including phenoxy) is 4. The van der Waals surface area contributed by atoms with Gasteiger partial charge in [0.25, 0.3) is 5.91 Å². The molecule has 3 aromatic carbocycles. The number of aliphatic imine (C=N–C) groups is 1. The number of fused-ring (bicyclic) bond motifs is 4. The first-order valence-electron chi connectivity index (χ1n) is 22.5. The first-order valence-corrected chi connectivity index (χ1v) is 23.7. The number of aryl methyl sites for hydroxylation is 2. The van der Waals surface area contributed by atoms with Crippen LogP contribution in [0.15, 0.2) is 83.9 Å². The van der Waals surface area contributed by atoms with Crippen LogP contribution in [0.2, 0.25) is 5.02 Å². The van der Waals surface area contributed by atoms with Crippen LogP contribution in [0, 0.1) is 20.8 Å². The van der Waals surface area contributed by atoms with Gasteiger partial charge in [-0.3, -0.25) is 23.9 Å².